The Morgan fingerprint density at radius 2 is 1.71 bits per heavy atom. The Balaban J connectivity index is 1.84. The molecule has 0 aliphatic carbocycles. The van der Waals surface area contributed by atoms with Crippen LogP contribution in [0.5, 0.6) is 0 Å². The number of anilines is 1. The molecule has 3 aromatic rings. The van der Waals surface area contributed by atoms with Crippen molar-refractivity contribution < 1.29 is 9.90 Å². The molecule has 0 aliphatic rings. The smallest absolute Gasteiger partial charge is 0.335 e. The molecule has 0 bridgehead atoms. The van der Waals surface area contributed by atoms with Gasteiger partial charge in [0, 0.05) is 17.6 Å². The van der Waals surface area contributed by atoms with Crippen molar-refractivity contribution in [2.45, 2.75) is 6.54 Å². The minimum atomic E-state index is -0.901. The van der Waals surface area contributed by atoms with Crippen molar-refractivity contribution in [2.24, 2.45) is 0 Å². The van der Waals surface area contributed by atoms with Gasteiger partial charge in [-0.1, -0.05) is 48.5 Å². The predicted octanol–water partition coefficient (Wildman–Crippen LogP) is 4.15. The maximum atomic E-state index is 11.0. The second-order valence-corrected chi connectivity index (χ2v) is 4.89. The predicted molar refractivity (Wildman–Crippen MR) is 84.7 cm³/mol. The van der Waals surface area contributed by atoms with Crippen LogP contribution in [0.4, 0.5) is 5.69 Å². The van der Waals surface area contributed by atoms with Gasteiger partial charge in [-0.05, 0) is 29.1 Å². The number of nitrogens with one attached hydrogen (secondary N) is 1. The van der Waals surface area contributed by atoms with Gasteiger partial charge in [-0.25, -0.2) is 4.79 Å². The van der Waals surface area contributed by atoms with Crippen molar-refractivity contribution in [3.63, 3.8) is 0 Å². The van der Waals surface area contributed by atoms with Crippen LogP contribution in [-0.4, -0.2) is 11.1 Å². The normalized spacial score (nSPS) is 10.5. The van der Waals surface area contributed by atoms with E-state index < -0.39 is 5.97 Å². The van der Waals surface area contributed by atoms with Gasteiger partial charge in [0.15, 0.2) is 0 Å². The van der Waals surface area contributed by atoms with Gasteiger partial charge in [-0.15, -0.1) is 0 Å². The number of rotatable bonds is 4. The molecule has 3 heteroatoms. The van der Waals surface area contributed by atoms with Gasteiger partial charge in [0.1, 0.15) is 0 Å². The largest absolute Gasteiger partial charge is 0.478 e. The van der Waals surface area contributed by atoms with Gasteiger partial charge < -0.3 is 10.4 Å². The van der Waals surface area contributed by atoms with E-state index in [1.807, 2.05) is 30.3 Å². The summed E-state index contributed by atoms with van der Waals surface area (Å²) in [6.45, 7) is 0.592. The van der Waals surface area contributed by atoms with Gasteiger partial charge in [0.25, 0.3) is 0 Å². The summed E-state index contributed by atoms with van der Waals surface area (Å²) in [5, 5.41) is 14.7. The molecule has 104 valence electrons. The number of aromatic carboxylic acids is 1. The maximum absolute atomic E-state index is 11.0. The Morgan fingerprint density at radius 3 is 2.57 bits per heavy atom. The maximum Gasteiger partial charge on any atom is 0.335 e. The molecule has 0 atom stereocenters. The van der Waals surface area contributed by atoms with E-state index in [0.29, 0.717) is 12.1 Å². The monoisotopic (exact) mass is 277 g/mol. The van der Waals surface area contributed by atoms with Crippen LogP contribution < -0.4 is 5.32 Å². The van der Waals surface area contributed by atoms with Gasteiger partial charge in [0.2, 0.25) is 0 Å². The van der Waals surface area contributed by atoms with Crippen LogP contribution in [0.1, 0.15) is 15.9 Å². The third kappa shape index (κ3) is 2.87. The molecule has 0 radical (unpaired) electrons. The van der Waals surface area contributed by atoms with Crippen molar-refractivity contribution in [1.29, 1.82) is 0 Å². The minimum Gasteiger partial charge on any atom is -0.478 e. The molecule has 2 N–H and O–H groups in total. The Morgan fingerprint density at radius 1 is 0.952 bits per heavy atom. The van der Waals surface area contributed by atoms with Crippen molar-refractivity contribution in [1.82, 2.24) is 0 Å². The first-order chi connectivity index (χ1) is 10.2. The molecule has 0 aliphatic heterocycles. The van der Waals surface area contributed by atoms with E-state index in [0.717, 1.165) is 16.6 Å². The molecule has 3 rings (SSSR count). The molecule has 0 spiro atoms. The van der Waals surface area contributed by atoms with Crippen LogP contribution in [0.2, 0.25) is 0 Å². The highest BCUT2D eigenvalue weighted by Gasteiger charge is 2.04. The van der Waals surface area contributed by atoms with E-state index in [2.05, 4.69) is 23.5 Å². The average molecular weight is 277 g/mol. The van der Waals surface area contributed by atoms with Crippen LogP contribution in [0.3, 0.4) is 0 Å². The Bertz CT molecular complexity index is 791. The van der Waals surface area contributed by atoms with E-state index in [-0.39, 0.29) is 0 Å². The summed E-state index contributed by atoms with van der Waals surface area (Å²) in [5.74, 6) is -0.901. The molecule has 0 fully saturated rings. The zero-order valence-corrected chi connectivity index (χ0v) is 11.4. The molecule has 3 aromatic carbocycles. The SMILES string of the molecule is O=C(O)c1cccc(CNc2cccc3ccccc23)c1. The molecular weight excluding hydrogens is 262 g/mol. The van der Waals surface area contributed by atoms with Crippen LogP contribution in [0.25, 0.3) is 10.8 Å². The van der Waals surface area contributed by atoms with E-state index >= 15 is 0 Å². The fraction of sp³-hybridized carbons (Fsp3) is 0.0556. The Labute approximate surface area is 122 Å². The lowest BCUT2D eigenvalue weighted by atomic mass is 10.1. The molecule has 0 heterocycles. The highest BCUT2D eigenvalue weighted by Crippen LogP contribution is 2.23. The average Bonchev–Trinajstić information content (AvgIpc) is 2.53. The molecule has 21 heavy (non-hydrogen) atoms. The first kappa shape index (κ1) is 13.2. The number of carboxylic acids is 1. The zero-order chi connectivity index (χ0) is 14.7. The van der Waals surface area contributed by atoms with Gasteiger partial charge >= 0.3 is 5.97 Å². The van der Waals surface area contributed by atoms with E-state index in [4.69, 9.17) is 5.11 Å². The summed E-state index contributed by atoms with van der Waals surface area (Å²) in [5.41, 5.74) is 2.31. The highest BCUT2D eigenvalue weighted by atomic mass is 16.4. The fourth-order valence-electron chi connectivity index (χ4n) is 2.39. The number of hydrogen-bond acceptors (Lipinski definition) is 2. The topological polar surface area (TPSA) is 49.3 Å². The van der Waals surface area contributed by atoms with Crippen LogP contribution in [0.15, 0.2) is 66.7 Å². The molecule has 0 saturated carbocycles. The fourth-order valence-corrected chi connectivity index (χ4v) is 2.39. The summed E-state index contributed by atoms with van der Waals surface area (Å²) in [7, 11) is 0. The number of fused-ring (bicyclic) bond motifs is 1. The second kappa shape index (κ2) is 5.67. The van der Waals surface area contributed by atoms with Crippen LogP contribution in [0, 0.1) is 0 Å². The lowest BCUT2D eigenvalue weighted by Gasteiger charge is -2.10. The summed E-state index contributed by atoms with van der Waals surface area (Å²) in [6.07, 6.45) is 0. The standard InChI is InChI=1S/C18H15NO2/c20-18(21)15-8-3-5-13(11-15)12-19-17-10-4-7-14-6-1-2-9-16(14)17/h1-11,19H,12H2,(H,20,21). The highest BCUT2D eigenvalue weighted by molar-refractivity contribution is 5.93. The quantitative estimate of drug-likeness (QED) is 0.753. The van der Waals surface area contributed by atoms with Crippen molar-refractivity contribution in [2.75, 3.05) is 5.32 Å². The van der Waals surface area contributed by atoms with E-state index in [9.17, 15) is 4.79 Å². The number of carbonyl (C=O) groups is 1. The third-order valence-corrected chi connectivity index (χ3v) is 3.45. The van der Waals surface area contributed by atoms with Gasteiger partial charge in [0.05, 0.1) is 5.56 Å². The zero-order valence-electron chi connectivity index (χ0n) is 11.4. The van der Waals surface area contributed by atoms with Gasteiger partial charge in [-0.2, -0.15) is 0 Å². The second-order valence-electron chi connectivity index (χ2n) is 4.89. The molecular formula is C18H15NO2. The number of carboxylic acid groups (broad SMARTS) is 1. The lowest BCUT2D eigenvalue weighted by Crippen LogP contribution is -2.02. The van der Waals surface area contributed by atoms with E-state index in [1.165, 1.54) is 5.39 Å². The molecule has 3 nitrogen and oxygen atoms in total. The van der Waals surface area contributed by atoms with E-state index in [1.54, 1.807) is 18.2 Å². The van der Waals surface area contributed by atoms with Crippen LogP contribution >= 0.6 is 0 Å². The van der Waals surface area contributed by atoms with Crippen molar-refractivity contribution in [3.05, 3.63) is 77.9 Å². The lowest BCUT2D eigenvalue weighted by molar-refractivity contribution is 0.0697. The molecule has 0 saturated heterocycles. The third-order valence-electron chi connectivity index (χ3n) is 3.45. The summed E-state index contributed by atoms with van der Waals surface area (Å²) in [4.78, 5) is 11.0. The molecule has 0 amide bonds. The summed E-state index contributed by atoms with van der Waals surface area (Å²) >= 11 is 0. The Hall–Kier alpha value is -2.81. The number of benzene rings is 3. The van der Waals surface area contributed by atoms with Gasteiger partial charge in [-0.3, -0.25) is 0 Å². The number of hydrogen-bond donors (Lipinski definition) is 2. The van der Waals surface area contributed by atoms with Crippen LogP contribution in [-0.2, 0) is 6.54 Å². The van der Waals surface area contributed by atoms with Crippen molar-refractivity contribution in [3.8, 4) is 0 Å². The molecule has 0 unspecified atom stereocenters. The molecule has 0 aromatic heterocycles. The van der Waals surface area contributed by atoms with Crippen molar-refractivity contribution >= 4 is 22.4 Å². The first-order valence-electron chi connectivity index (χ1n) is 6.78. The minimum absolute atomic E-state index is 0.312. The summed E-state index contributed by atoms with van der Waals surface area (Å²) < 4.78 is 0. The summed E-state index contributed by atoms with van der Waals surface area (Å²) in [6, 6.07) is 21.3. The Kier molecular flexibility index (Phi) is 3.56. The first-order valence-corrected chi connectivity index (χ1v) is 6.78.